The lowest BCUT2D eigenvalue weighted by Crippen LogP contribution is -2.44. The van der Waals surface area contributed by atoms with Crippen LogP contribution in [-0.4, -0.2) is 70.9 Å². The highest BCUT2D eigenvalue weighted by atomic mass is 32.2. The molecule has 1 aliphatic rings. The number of nitrogens with one attached hydrogen (secondary N) is 1. The van der Waals surface area contributed by atoms with Crippen molar-refractivity contribution in [3.05, 3.63) is 89.7 Å². The summed E-state index contributed by atoms with van der Waals surface area (Å²) in [5, 5.41) is 2.90. The lowest BCUT2D eigenvalue weighted by atomic mass is 10.1. The predicted molar refractivity (Wildman–Crippen MR) is 146 cm³/mol. The minimum atomic E-state index is -3.95. The second-order valence-electron chi connectivity index (χ2n) is 9.24. The Labute approximate surface area is 218 Å². The number of halogens is 1. The average Bonchev–Trinajstić information content (AvgIpc) is 2.89. The van der Waals surface area contributed by atoms with Gasteiger partial charge in [0.2, 0.25) is 0 Å². The Morgan fingerprint density at radius 1 is 0.919 bits per heavy atom. The van der Waals surface area contributed by atoms with Crippen molar-refractivity contribution < 1.29 is 17.6 Å². The fourth-order valence-corrected chi connectivity index (χ4v) is 5.20. The number of piperazine rings is 1. The van der Waals surface area contributed by atoms with E-state index in [-0.39, 0.29) is 18.1 Å². The maximum Gasteiger partial charge on any atom is 0.303 e. The topological polar surface area (TPSA) is 76.2 Å². The van der Waals surface area contributed by atoms with Crippen molar-refractivity contribution in [2.75, 3.05) is 61.8 Å². The summed E-state index contributed by atoms with van der Waals surface area (Å²) < 4.78 is 42.4. The first-order valence-corrected chi connectivity index (χ1v) is 13.4. The van der Waals surface area contributed by atoms with E-state index in [0.29, 0.717) is 16.8 Å². The number of amides is 1. The highest BCUT2D eigenvalue weighted by Crippen LogP contribution is 2.26. The first kappa shape index (κ1) is 26.6. The van der Waals surface area contributed by atoms with Crippen LogP contribution in [0.5, 0.6) is 0 Å². The number of carbonyl (C=O) groups is 1. The monoisotopic (exact) mass is 525 g/mol. The maximum atomic E-state index is 14.5. The Morgan fingerprint density at radius 3 is 2.14 bits per heavy atom. The van der Waals surface area contributed by atoms with Crippen molar-refractivity contribution in [3.8, 4) is 0 Å². The number of hydrogen-bond acceptors (Lipinski definition) is 5. The van der Waals surface area contributed by atoms with Crippen LogP contribution in [0.3, 0.4) is 0 Å². The number of para-hydroxylation sites is 1. The summed E-state index contributed by atoms with van der Waals surface area (Å²) in [6, 6.07) is 20.1. The fourth-order valence-electron chi connectivity index (χ4n) is 4.09. The van der Waals surface area contributed by atoms with Gasteiger partial charge in [0.15, 0.2) is 0 Å². The van der Waals surface area contributed by atoms with E-state index >= 15 is 0 Å². The van der Waals surface area contributed by atoms with Gasteiger partial charge in [-0.3, -0.25) is 9.10 Å². The summed E-state index contributed by atoms with van der Waals surface area (Å²) in [5.41, 5.74) is 2.82. The van der Waals surface area contributed by atoms with Gasteiger partial charge in [-0.15, -0.1) is 0 Å². The van der Waals surface area contributed by atoms with Crippen molar-refractivity contribution in [2.24, 2.45) is 0 Å². The molecule has 0 unspecified atom stereocenters. The Balaban J connectivity index is 1.44. The summed E-state index contributed by atoms with van der Waals surface area (Å²) in [7, 11) is 0.960. The van der Waals surface area contributed by atoms with E-state index in [0.717, 1.165) is 40.5 Å². The second-order valence-corrected chi connectivity index (χ2v) is 11.3. The molecule has 1 amide bonds. The number of rotatable bonds is 8. The molecule has 1 fully saturated rings. The molecule has 0 bridgehead atoms. The Morgan fingerprint density at radius 2 is 1.54 bits per heavy atom. The molecule has 0 radical (unpaired) electrons. The fraction of sp³-hybridized carbons (Fsp3) is 0.296. The van der Waals surface area contributed by atoms with Gasteiger partial charge in [0.05, 0.1) is 12.2 Å². The Hall–Kier alpha value is -3.47. The van der Waals surface area contributed by atoms with E-state index in [4.69, 9.17) is 0 Å². The molecule has 3 aromatic rings. The lowest BCUT2D eigenvalue weighted by molar-refractivity contribution is 0.102. The Bertz CT molecular complexity index is 1320. The molecule has 0 aliphatic carbocycles. The van der Waals surface area contributed by atoms with Crippen LogP contribution in [0.1, 0.15) is 15.9 Å². The lowest BCUT2D eigenvalue weighted by Gasteiger charge is -2.34. The van der Waals surface area contributed by atoms with E-state index in [1.807, 2.05) is 24.3 Å². The minimum absolute atomic E-state index is 0.0435. The molecule has 1 aliphatic heterocycles. The maximum absolute atomic E-state index is 14.5. The van der Waals surface area contributed by atoms with E-state index in [2.05, 4.69) is 22.2 Å². The molecule has 0 saturated carbocycles. The zero-order valence-electron chi connectivity index (χ0n) is 21.3. The number of hydrogen-bond donors (Lipinski definition) is 1. The highest BCUT2D eigenvalue weighted by molar-refractivity contribution is 7.90. The number of likely N-dealkylation sites (N-methyl/N-ethyl adjacent to an activating group) is 1. The van der Waals surface area contributed by atoms with Gasteiger partial charge in [0.1, 0.15) is 5.82 Å². The number of nitrogens with zero attached hydrogens (tertiary/aromatic N) is 4. The smallest absolute Gasteiger partial charge is 0.303 e. The quantitative estimate of drug-likeness (QED) is 0.486. The summed E-state index contributed by atoms with van der Waals surface area (Å²) >= 11 is 0. The van der Waals surface area contributed by atoms with E-state index in [1.165, 1.54) is 32.3 Å². The van der Waals surface area contributed by atoms with Crippen LogP contribution in [-0.2, 0) is 16.8 Å². The molecule has 1 N–H and O–H groups in total. The predicted octanol–water partition coefficient (Wildman–Crippen LogP) is 3.64. The molecule has 0 spiro atoms. The average molecular weight is 526 g/mol. The zero-order chi connectivity index (χ0) is 26.6. The first-order chi connectivity index (χ1) is 17.6. The normalized spacial score (nSPS) is 14.6. The van der Waals surface area contributed by atoms with Crippen LogP contribution in [0.4, 0.5) is 21.5 Å². The van der Waals surface area contributed by atoms with Crippen molar-refractivity contribution >= 4 is 33.2 Å². The van der Waals surface area contributed by atoms with E-state index in [1.54, 1.807) is 30.3 Å². The van der Waals surface area contributed by atoms with E-state index in [9.17, 15) is 17.6 Å². The Kier molecular flexibility index (Phi) is 8.11. The summed E-state index contributed by atoms with van der Waals surface area (Å²) in [6.45, 7) is 3.90. The number of benzene rings is 3. The molecular weight excluding hydrogens is 493 g/mol. The molecule has 3 aromatic carbocycles. The van der Waals surface area contributed by atoms with Gasteiger partial charge in [-0.1, -0.05) is 24.3 Å². The molecule has 4 rings (SSSR count). The van der Waals surface area contributed by atoms with Gasteiger partial charge in [-0.2, -0.15) is 12.7 Å². The van der Waals surface area contributed by atoms with Gasteiger partial charge in [-0.25, -0.2) is 4.39 Å². The molecule has 196 valence electrons. The molecule has 8 nitrogen and oxygen atoms in total. The van der Waals surface area contributed by atoms with Crippen molar-refractivity contribution in [3.63, 3.8) is 0 Å². The molecular formula is C27H32FN5O3S. The molecule has 0 aromatic heterocycles. The van der Waals surface area contributed by atoms with Gasteiger partial charge >= 0.3 is 10.2 Å². The van der Waals surface area contributed by atoms with Crippen LogP contribution in [0.25, 0.3) is 0 Å². The van der Waals surface area contributed by atoms with Gasteiger partial charge < -0.3 is 15.1 Å². The highest BCUT2D eigenvalue weighted by Gasteiger charge is 2.27. The van der Waals surface area contributed by atoms with Crippen LogP contribution >= 0.6 is 0 Å². The van der Waals surface area contributed by atoms with Crippen LogP contribution < -0.4 is 14.5 Å². The molecule has 0 atom stereocenters. The van der Waals surface area contributed by atoms with Gasteiger partial charge in [0.25, 0.3) is 5.91 Å². The van der Waals surface area contributed by atoms with Crippen LogP contribution in [0.15, 0.2) is 72.8 Å². The van der Waals surface area contributed by atoms with Crippen molar-refractivity contribution in [2.45, 2.75) is 6.54 Å². The molecule has 10 heteroatoms. The zero-order valence-corrected chi connectivity index (χ0v) is 22.1. The first-order valence-electron chi connectivity index (χ1n) is 12.0. The molecule has 37 heavy (non-hydrogen) atoms. The largest absolute Gasteiger partial charge is 0.369 e. The van der Waals surface area contributed by atoms with Crippen molar-refractivity contribution in [1.82, 2.24) is 9.21 Å². The molecule has 1 heterocycles. The number of anilines is 3. The van der Waals surface area contributed by atoms with Crippen LogP contribution in [0, 0.1) is 5.82 Å². The van der Waals surface area contributed by atoms with Crippen molar-refractivity contribution in [1.29, 1.82) is 0 Å². The summed E-state index contributed by atoms with van der Waals surface area (Å²) in [6.07, 6.45) is 0. The third kappa shape index (κ3) is 6.27. The van der Waals surface area contributed by atoms with Gasteiger partial charge in [0, 0.05) is 57.2 Å². The third-order valence-corrected chi connectivity index (χ3v) is 8.20. The van der Waals surface area contributed by atoms with Gasteiger partial charge in [-0.05, 0) is 61.1 Å². The summed E-state index contributed by atoms with van der Waals surface area (Å²) in [4.78, 5) is 17.4. The SMILES string of the molecule is CN1CCN(c2ccc(NC(=O)c3ccc(CN(c4ccccc4F)S(=O)(=O)N(C)C)cc3)cc2)CC1. The standard InChI is InChI=1S/C27H32FN5O3S/c1-30(2)37(35,36)33(26-7-5-4-6-25(26)28)20-21-8-10-22(11-9-21)27(34)29-23-12-14-24(15-13-23)32-18-16-31(3)17-19-32/h4-15H,16-20H2,1-3H3,(H,29,34). The minimum Gasteiger partial charge on any atom is -0.369 e. The number of carbonyl (C=O) groups excluding carboxylic acids is 1. The van der Waals surface area contributed by atoms with E-state index < -0.39 is 16.0 Å². The molecule has 1 saturated heterocycles. The summed E-state index contributed by atoms with van der Waals surface area (Å²) in [5.74, 6) is -0.909. The second kappa shape index (κ2) is 11.3. The third-order valence-electron chi connectivity index (χ3n) is 6.40. The van der Waals surface area contributed by atoms with Crippen LogP contribution in [0.2, 0.25) is 0 Å².